The van der Waals surface area contributed by atoms with E-state index in [0.717, 1.165) is 43.3 Å². The third-order valence-corrected chi connectivity index (χ3v) is 6.73. The summed E-state index contributed by atoms with van der Waals surface area (Å²) in [5, 5.41) is 29.8. The molecule has 0 bridgehead atoms. The van der Waals surface area contributed by atoms with Gasteiger partial charge in [-0.2, -0.15) is 11.3 Å². The quantitative estimate of drug-likeness (QED) is 0.490. The SMILES string of the molecule is COc1ccccc1N1CCN([C@H]2[C@H](O)[C@H](CO)O[C@@H]2CNC(=O)Nc2ccsc2)CC1. The lowest BCUT2D eigenvalue weighted by Crippen LogP contribution is -2.57. The molecule has 32 heavy (non-hydrogen) atoms. The van der Waals surface area contributed by atoms with Crippen molar-refractivity contribution in [3.05, 3.63) is 41.1 Å². The van der Waals surface area contributed by atoms with Gasteiger partial charge in [0, 0.05) is 38.1 Å². The molecule has 4 N–H and O–H groups in total. The van der Waals surface area contributed by atoms with Gasteiger partial charge in [0.25, 0.3) is 0 Å². The summed E-state index contributed by atoms with van der Waals surface area (Å²) in [6, 6.07) is 9.13. The van der Waals surface area contributed by atoms with Crippen molar-refractivity contribution < 1.29 is 24.5 Å². The number of carbonyl (C=O) groups is 1. The molecule has 2 aromatic rings. The molecule has 2 fully saturated rings. The number of aliphatic hydroxyl groups excluding tert-OH is 2. The molecule has 4 rings (SSSR count). The Morgan fingerprint density at radius 2 is 2.00 bits per heavy atom. The predicted molar refractivity (Wildman–Crippen MR) is 124 cm³/mol. The van der Waals surface area contributed by atoms with E-state index in [0.29, 0.717) is 0 Å². The highest BCUT2D eigenvalue weighted by atomic mass is 32.1. The zero-order valence-corrected chi connectivity index (χ0v) is 18.8. The summed E-state index contributed by atoms with van der Waals surface area (Å²) in [6.07, 6.45) is -1.92. The molecule has 2 amide bonds. The smallest absolute Gasteiger partial charge is 0.319 e. The Morgan fingerprint density at radius 3 is 2.69 bits per heavy atom. The predicted octanol–water partition coefficient (Wildman–Crippen LogP) is 1.19. The molecular formula is C22H30N4O5S. The van der Waals surface area contributed by atoms with Crippen molar-refractivity contribution >= 4 is 28.7 Å². The number of hydrogen-bond donors (Lipinski definition) is 4. The fourth-order valence-corrected chi connectivity index (χ4v) is 5.04. The van der Waals surface area contributed by atoms with E-state index >= 15 is 0 Å². The van der Waals surface area contributed by atoms with Crippen LogP contribution in [0.3, 0.4) is 0 Å². The molecule has 2 saturated heterocycles. The minimum atomic E-state index is -0.829. The summed E-state index contributed by atoms with van der Waals surface area (Å²) in [5.74, 6) is 0.837. The Labute approximate surface area is 191 Å². The van der Waals surface area contributed by atoms with Crippen LogP contribution in [-0.4, -0.2) is 91.9 Å². The number of piperazine rings is 1. The lowest BCUT2D eigenvalue weighted by molar-refractivity contribution is -0.0205. The molecule has 4 atom stereocenters. The van der Waals surface area contributed by atoms with E-state index in [2.05, 4.69) is 20.4 Å². The van der Waals surface area contributed by atoms with Crippen LogP contribution in [0.1, 0.15) is 0 Å². The topological polar surface area (TPSA) is 107 Å². The second-order valence-electron chi connectivity index (χ2n) is 7.92. The van der Waals surface area contributed by atoms with Crippen LogP contribution < -0.4 is 20.3 Å². The van der Waals surface area contributed by atoms with E-state index in [1.807, 2.05) is 41.1 Å². The summed E-state index contributed by atoms with van der Waals surface area (Å²) in [4.78, 5) is 16.7. The van der Waals surface area contributed by atoms with E-state index < -0.39 is 18.3 Å². The Bertz CT molecular complexity index is 875. The Hall–Kier alpha value is -2.37. The van der Waals surface area contributed by atoms with E-state index in [4.69, 9.17) is 9.47 Å². The molecule has 2 aliphatic rings. The van der Waals surface area contributed by atoms with Gasteiger partial charge in [-0.05, 0) is 23.6 Å². The number of hydrogen-bond acceptors (Lipinski definition) is 8. The average molecular weight is 463 g/mol. The Morgan fingerprint density at radius 1 is 1.22 bits per heavy atom. The third-order valence-electron chi connectivity index (χ3n) is 6.05. The van der Waals surface area contributed by atoms with Crippen LogP contribution in [0.25, 0.3) is 0 Å². The first-order chi connectivity index (χ1) is 15.6. The molecule has 9 nitrogen and oxygen atoms in total. The summed E-state index contributed by atoms with van der Waals surface area (Å²) in [5.41, 5.74) is 1.78. The maximum atomic E-state index is 12.2. The number of methoxy groups -OCH3 is 1. The zero-order chi connectivity index (χ0) is 22.5. The molecule has 174 valence electrons. The largest absolute Gasteiger partial charge is 0.495 e. The van der Waals surface area contributed by atoms with E-state index in [-0.39, 0.29) is 25.2 Å². The lowest BCUT2D eigenvalue weighted by atomic mass is 10.0. The summed E-state index contributed by atoms with van der Waals surface area (Å²) >= 11 is 1.50. The number of urea groups is 1. The van der Waals surface area contributed by atoms with Crippen molar-refractivity contribution in [3.8, 4) is 5.75 Å². The van der Waals surface area contributed by atoms with Crippen LogP contribution in [-0.2, 0) is 4.74 Å². The van der Waals surface area contributed by atoms with Crippen molar-refractivity contribution in [2.45, 2.75) is 24.4 Å². The number of nitrogens with one attached hydrogen (secondary N) is 2. The number of aliphatic hydroxyl groups is 2. The monoisotopic (exact) mass is 462 g/mol. The molecule has 1 aromatic heterocycles. The number of rotatable bonds is 7. The number of thiophene rings is 1. The number of benzene rings is 1. The van der Waals surface area contributed by atoms with Crippen molar-refractivity contribution in [2.24, 2.45) is 0 Å². The fourth-order valence-electron chi connectivity index (χ4n) is 4.45. The first-order valence-corrected chi connectivity index (χ1v) is 11.7. The molecule has 0 unspecified atom stereocenters. The van der Waals surface area contributed by atoms with Crippen LogP contribution in [0.4, 0.5) is 16.2 Å². The normalized spacial score (nSPS) is 26.2. The molecule has 2 aliphatic heterocycles. The maximum Gasteiger partial charge on any atom is 0.319 e. The van der Waals surface area contributed by atoms with Gasteiger partial charge in [0.1, 0.15) is 18.0 Å². The van der Waals surface area contributed by atoms with Gasteiger partial charge < -0.3 is 35.2 Å². The third kappa shape index (κ3) is 5.00. The van der Waals surface area contributed by atoms with Crippen LogP contribution in [0.5, 0.6) is 5.75 Å². The summed E-state index contributed by atoms with van der Waals surface area (Å²) in [6.45, 7) is 2.95. The summed E-state index contributed by atoms with van der Waals surface area (Å²) in [7, 11) is 1.67. The van der Waals surface area contributed by atoms with Crippen molar-refractivity contribution in [3.63, 3.8) is 0 Å². The van der Waals surface area contributed by atoms with Gasteiger partial charge in [-0.1, -0.05) is 12.1 Å². The molecule has 0 spiro atoms. The van der Waals surface area contributed by atoms with E-state index in [1.54, 1.807) is 7.11 Å². The van der Waals surface area contributed by atoms with Crippen LogP contribution in [0.15, 0.2) is 41.1 Å². The van der Waals surface area contributed by atoms with Crippen LogP contribution in [0, 0.1) is 0 Å². The van der Waals surface area contributed by atoms with Gasteiger partial charge in [-0.25, -0.2) is 4.79 Å². The van der Waals surface area contributed by atoms with E-state index in [9.17, 15) is 15.0 Å². The number of para-hydroxylation sites is 2. The fraction of sp³-hybridized carbons (Fsp3) is 0.500. The van der Waals surface area contributed by atoms with Gasteiger partial charge in [-0.15, -0.1) is 0 Å². The highest BCUT2D eigenvalue weighted by Crippen LogP contribution is 2.31. The lowest BCUT2D eigenvalue weighted by Gasteiger charge is -2.41. The first-order valence-electron chi connectivity index (χ1n) is 10.7. The number of carbonyl (C=O) groups excluding carboxylic acids is 1. The van der Waals surface area contributed by atoms with Crippen LogP contribution >= 0.6 is 11.3 Å². The highest BCUT2D eigenvalue weighted by molar-refractivity contribution is 7.08. The van der Waals surface area contributed by atoms with Gasteiger partial charge in [0.05, 0.1) is 37.2 Å². The first kappa shape index (κ1) is 22.8. The Kier molecular flexibility index (Phi) is 7.48. The van der Waals surface area contributed by atoms with Gasteiger partial charge in [0.2, 0.25) is 0 Å². The average Bonchev–Trinajstić information content (AvgIpc) is 3.45. The number of amides is 2. The van der Waals surface area contributed by atoms with Crippen molar-refractivity contribution in [2.75, 3.05) is 56.7 Å². The Balaban J connectivity index is 1.37. The molecule has 3 heterocycles. The molecule has 0 saturated carbocycles. The molecule has 1 aromatic carbocycles. The van der Waals surface area contributed by atoms with Crippen LogP contribution in [0.2, 0.25) is 0 Å². The van der Waals surface area contributed by atoms with Gasteiger partial charge in [0.15, 0.2) is 0 Å². The minimum absolute atomic E-state index is 0.237. The van der Waals surface area contributed by atoms with Crippen molar-refractivity contribution in [1.82, 2.24) is 10.2 Å². The number of nitrogens with zero attached hydrogens (tertiary/aromatic N) is 2. The molecule has 10 heteroatoms. The second kappa shape index (κ2) is 10.5. The van der Waals surface area contributed by atoms with Crippen molar-refractivity contribution in [1.29, 1.82) is 0 Å². The van der Waals surface area contributed by atoms with Gasteiger partial charge in [-0.3, -0.25) is 4.90 Å². The second-order valence-corrected chi connectivity index (χ2v) is 8.70. The maximum absolute atomic E-state index is 12.2. The highest BCUT2D eigenvalue weighted by Gasteiger charge is 2.46. The minimum Gasteiger partial charge on any atom is -0.495 e. The van der Waals surface area contributed by atoms with Gasteiger partial charge >= 0.3 is 6.03 Å². The zero-order valence-electron chi connectivity index (χ0n) is 18.0. The molecule has 0 aliphatic carbocycles. The van der Waals surface area contributed by atoms with E-state index in [1.165, 1.54) is 11.3 Å². The molecule has 0 radical (unpaired) electrons. The number of ether oxygens (including phenoxy) is 2. The number of anilines is 2. The standard InChI is InChI=1S/C22H30N4O5S/c1-30-17-5-3-2-4-16(17)25-7-9-26(10-8-25)20-18(31-19(13-27)21(20)28)12-23-22(29)24-15-6-11-32-14-15/h2-6,11,14,18-21,27-28H,7-10,12-13H2,1H3,(H2,23,24,29)/t18-,19+,20-,21-/m1/s1. The molecular weight excluding hydrogens is 432 g/mol. The summed E-state index contributed by atoms with van der Waals surface area (Å²) < 4.78 is 11.4.